The van der Waals surface area contributed by atoms with Crippen molar-refractivity contribution in [2.24, 2.45) is 11.8 Å². The average Bonchev–Trinajstić information content (AvgIpc) is 2.53. The Balaban J connectivity index is 2.24. The standard InChI is InChI=1S/C21H33NO2/c1-15(2)14-22-20(23)13-21(18-8-6-17(5)7-9-18)10-11-24-19(12-21)16(3)4/h6-9,15-16,19H,10-14H2,1-5H3,(H,22,23)/t19-,21-/m0/s1. The maximum Gasteiger partial charge on any atom is 0.220 e. The lowest BCUT2D eigenvalue weighted by Gasteiger charge is -2.42. The first kappa shape index (κ1) is 19.0. The van der Waals surface area contributed by atoms with E-state index in [9.17, 15) is 4.79 Å². The molecule has 2 rings (SSSR count). The SMILES string of the molecule is Cc1ccc([C@@]2(CC(=O)NCC(C)C)CCO[C@H](C(C)C)C2)cc1. The molecule has 1 N–H and O–H groups in total. The van der Waals surface area contributed by atoms with Crippen molar-refractivity contribution in [3.05, 3.63) is 35.4 Å². The van der Waals surface area contributed by atoms with Crippen LogP contribution in [0.3, 0.4) is 0 Å². The fourth-order valence-corrected chi connectivity index (χ4v) is 3.50. The third-order valence-electron chi connectivity index (χ3n) is 5.12. The number of hydrogen-bond donors (Lipinski definition) is 1. The Morgan fingerprint density at radius 3 is 2.50 bits per heavy atom. The summed E-state index contributed by atoms with van der Waals surface area (Å²) in [7, 11) is 0. The fraction of sp³-hybridized carbons (Fsp3) is 0.667. The summed E-state index contributed by atoms with van der Waals surface area (Å²) in [6.07, 6.45) is 2.60. The summed E-state index contributed by atoms with van der Waals surface area (Å²) in [4.78, 5) is 12.6. The molecule has 0 bridgehead atoms. The predicted octanol–water partition coefficient (Wildman–Crippen LogP) is 4.23. The second kappa shape index (κ2) is 8.15. The van der Waals surface area contributed by atoms with E-state index in [4.69, 9.17) is 4.74 Å². The lowest BCUT2D eigenvalue weighted by atomic mass is 9.68. The van der Waals surface area contributed by atoms with Gasteiger partial charge in [-0.2, -0.15) is 0 Å². The summed E-state index contributed by atoms with van der Waals surface area (Å²) in [5.74, 6) is 1.10. The first-order valence-corrected chi connectivity index (χ1v) is 9.28. The quantitative estimate of drug-likeness (QED) is 0.847. The summed E-state index contributed by atoms with van der Waals surface area (Å²) in [5, 5.41) is 3.10. The highest BCUT2D eigenvalue weighted by molar-refractivity contribution is 5.77. The Morgan fingerprint density at radius 2 is 1.92 bits per heavy atom. The third-order valence-corrected chi connectivity index (χ3v) is 5.12. The summed E-state index contributed by atoms with van der Waals surface area (Å²) in [6.45, 7) is 12.2. The summed E-state index contributed by atoms with van der Waals surface area (Å²) in [5.41, 5.74) is 2.43. The van der Waals surface area contributed by atoms with Crippen LogP contribution in [0.4, 0.5) is 0 Å². The molecule has 1 heterocycles. The number of nitrogens with one attached hydrogen (secondary N) is 1. The van der Waals surface area contributed by atoms with Crippen molar-refractivity contribution >= 4 is 5.91 Å². The van der Waals surface area contributed by atoms with E-state index in [1.807, 2.05) is 0 Å². The number of rotatable bonds is 6. The van der Waals surface area contributed by atoms with E-state index in [0.29, 0.717) is 18.3 Å². The molecule has 1 saturated heterocycles. The number of carbonyl (C=O) groups is 1. The van der Waals surface area contributed by atoms with Crippen molar-refractivity contribution in [2.45, 2.75) is 65.4 Å². The molecule has 0 aromatic heterocycles. The maximum atomic E-state index is 12.6. The highest BCUT2D eigenvalue weighted by Crippen LogP contribution is 2.42. The van der Waals surface area contributed by atoms with Gasteiger partial charge in [-0.25, -0.2) is 0 Å². The molecule has 1 aliphatic heterocycles. The minimum atomic E-state index is -0.109. The molecule has 3 nitrogen and oxygen atoms in total. The van der Waals surface area contributed by atoms with Crippen molar-refractivity contribution in [1.82, 2.24) is 5.32 Å². The molecular weight excluding hydrogens is 298 g/mol. The molecule has 0 spiro atoms. The minimum Gasteiger partial charge on any atom is -0.378 e. The number of benzene rings is 1. The van der Waals surface area contributed by atoms with E-state index in [-0.39, 0.29) is 17.4 Å². The second-order valence-electron chi connectivity index (χ2n) is 8.13. The van der Waals surface area contributed by atoms with Crippen LogP contribution in [0.2, 0.25) is 0 Å². The van der Waals surface area contributed by atoms with Gasteiger partial charge in [-0.05, 0) is 37.2 Å². The van der Waals surface area contributed by atoms with Crippen molar-refractivity contribution in [3.8, 4) is 0 Å². The van der Waals surface area contributed by atoms with Crippen molar-refractivity contribution in [2.75, 3.05) is 13.2 Å². The van der Waals surface area contributed by atoms with Gasteiger partial charge in [0.25, 0.3) is 0 Å². The van der Waals surface area contributed by atoms with Gasteiger partial charge in [-0.15, -0.1) is 0 Å². The molecule has 24 heavy (non-hydrogen) atoms. The topological polar surface area (TPSA) is 38.3 Å². The van der Waals surface area contributed by atoms with Crippen LogP contribution in [-0.4, -0.2) is 25.2 Å². The Labute approximate surface area is 147 Å². The van der Waals surface area contributed by atoms with Crippen LogP contribution >= 0.6 is 0 Å². The van der Waals surface area contributed by atoms with E-state index in [1.165, 1.54) is 11.1 Å². The number of hydrogen-bond acceptors (Lipinski definition) is 2. The monoisotopic (exact) mass is 331 g/mol. The zero-order chi connectivity index (χ0) is 17.7. The lowest BCUT2D eigenvalue weighted by Crippen LogP contribution is -2.44. The molecule has 1 fully saturated rings. The van der Waals surface area contributed by atoms with Crippen LogP contribution in [-0.2, 0) is 14.9 Å². The predicted molar refractivity (Wildman–Crippen MR) is 99.1 cm³/mol. The zero-order valence-corrected chi connectivity index (χ0v) is 15.9. The third kappa shape index (κ3) is 4.83. The Kier molecular flexibility index (Phi) is 6.45. The Morgan fingerprint density at radius 1 is 1.25 bits per heavy atom. The van der Waals surface area contributed by atoms with Gasteiger partial charge in [0.05, 0.1) is 6.10 Å². The van der Waals surface area contributed by atoms with Crippen LogP contribution in [0.15, 0.2) is 24.3 Å². The van der Waals surface area contributed by atoms with Crippen LogP contribution in [0.5, 0.6) is 0 Å². The Hall–Kier alpha value is -1.35. The normalized spacial score (nSPS) is 24.4. The number of amides is 1. The highest BCUT2D eigenvalue weighted by Gasteiger charge is 2.41. The van der Waals surface area contributed by atoms with Gasteiger partial charge in [0.2, 0.25) is 5.91 Å². The Bertz CT molecular complexity index is 535. The zero-order valence-electron chi connectivity index (χ0n) is 15.9. The first-order valence-electron chi connectivity index (χ1n) is 9.28. The second-order valence-corrected chi connectivity index (χ2v) is 8.13. The highest BCUT2D eigenvalue weighted by atomic mass is 16.5. The molecular formula is C21H33NO2. The van der Waals surface area contributed by atoms with Crippen molar-refractivity contribution in [3.63, 3.8) is 0 Å². The van der Waals surface area contributed by atoms with E-state index in [0.717, 1.165) is 26.0 Å². The lowest BCUT2D eigenvalue weighted by molar-refractivity contribution is -0.124. The first-order chi connectivity index (χ1) is 11.3. The number of carbonyl (C=O) groups excluding carboxylic acids is 1. The van der Waals surface area contributed by atoms with Crippen LogP contribution in [0, 0.1) is 18.8 Å². The van der Waals surface area contributed by atoms with E-state index >= 15 is 0 Å². The summed E-state index contributed by atoms with van der Waals surface area (Å²) in [6, 6.07) is 8.72. The van der Waals surface area contributed by atoms with Crippen LogP contribution in [0.25, 0.3) is 0 Å². The number of ether oxygens (including phenoxy) is 1. The molecule has 0 radical (unpaired) electrons. The van der Waals surface area contributed by atoms with Crippen LogP contribution in [0.1, 0.15) is 58.1 Å². The minimum absolute atomic E-state index is 0.109. The van der Waals surface area contributed by atoms with Crippen LogP contribution < -0.4 is 5.32 Å². The van der Waals surface area contributed by atoms with Crippen molar-refractivity contribution < 1.29 is 9.53 Å². The molecule has 0 aliphatic carbocycles. The molecule has 2 atom stereocenters. The van der Waals surface area contributed by atoms with Gasteiger partial charge < -0.3 is 10.1 Å². The molecule has 1 aromatic carbocycles. The molecule has 0 saturated carbocycles. The average molecular weight is 332 g/mol. The molecule has 134 valence electrons. The molecule has 1 aliphatic rings. The smallest absolute Gasteiger partial charge is 0.220 e. The van der Waals surface area contributed by atoms with E-state index < -0.39 is 0 Å². The van der Waals surface area contributed by atoms with Gasteiger partial charge in [-0.1, -0.05) is 57.5 Å². The fourth-order valence-electron chi connectivity index (χ4n) is 3.50. The van der Waals surface area contributed by atoms with Gasteiger partial charge in [0.15, 0.2) is 0 Å². The summed E-state index contributed by atoms with van der Waals surface area (Å²) >= 11 is 0. The van der Waals surface area contributed by atoms with E-state index in [1.54, 1.807) is 0 Å². The van der Waals surface area contributed by atoms with Gasteiger partial charge >= 0.3 is 0 Å². The molecule has 1 aromatic rings. The maximum absolute atomic E-state index is 12.6. The van der Waals surface area contributed by atoms with E-state index in [2.05, 4.69) is 64.2 Å². The summed E-state index contributed by atoms with van der Waals surface area (Å²) < 4.78 is 5.99. The molecule has 0 unspecified atom stereocenters. The number of aryl methyl sites for hydroxylation is 1. The van der Waals surface area contributed by atoms with Crippen molar-refractivity contribution in [1.29, 1.82) is 0 Å². The molecule has 3 heteroatoms. The van der Waals surface area contributed by atoms with Gasteiger partial charge in [0, 0.05) is 25.0 Å². The van der Waals surface area contributed by atoms with Gasteiger partial charge in [-0.3, -0.25) is 4.79 Å². The largest absolute Gasteiger partial charge is 0.378 e. The molecule has 1 amide bonds. The van der Waals surface area contributed by atoms with Gasteiger partial charge in [0.1, 0.15) is 0 Å².